The molecule has 0 amide bonds. The van der Waals surface area contributed by atoms with Crippen molar-refractivity contribution in [2.24, 2.45) is 0 Å². The number of fused-ring (bicyclic) bond motifs is 6. The van der Waals surface area contributed by atoms with Crippen LogP contribution in [0.4, 0.5) is 11.4 Å². The fourth-order valence-electron chi connectivity index (χ4n) is 6.76. The van der Waals surface area contributed by atoms with E-state index in [0.29, 0.717) is 0 Å². The van der Waals surface area contributed by atoms with E-state index >= 15 is 0 Å². The lowest BCUT2D eigenvalue weighted by Crippen LogP contribution is -2.14. The minimum Gasteiger partial charge on any atom is -0.355 e. The molecular weight excluding hydrogens is 496 g/mol. The molecule has 2 heteroatoms. The van der Waals surface area contributed by atoms with E-state index in [9.17, 15) is 0 Å². The van der Waals surface area contributed by atoms with E-state index < -0.39 is 0 Å². The van der Waals surface area contributed by atoms with Gasteiger partial charge in [0.15, 0.2) is 0 Å². The molecule has 7 aromatic rings. The van der Waals surface area contributed by atoms with Crippen molar-refractivity contribution in [2.45, 2.75) is 19.3 Å². The van der Waals surface area contributed by atoms with Crippen LogP contribution in [0, 0.1) is 0 Å². The Hall–Kier alpha value is -5.08. The zero-order chi connectivity index (χ0) is 27.6. The Morgan fingerprint density at radius 3 is 1.76 bits per heavy atom. The maximum Gasteiger partial charge on any atom is 0.0541 e. The Labute approximate surface area is 240 Å². The molecule has 1 N–H and O–H groups in total. The molecule has 0 saturated heterocycles. The second-order valence-corrected chi connectivity index (χ2v) is 11.5. The largest absolute Gasteiger partial charge is 0.355 e. The zero-order valence-electron chi connectivity index (χ0n) is 23.2. The average molecular weight is 527 g/mol. The SMILES string of the molecule is CC1(C)c2ccccc2-c2c(Nc3ccc(-c4ccc(-n5c6ccccc6c6ccccc65)cc4)cc3)cccc21. The van der Waals surface area contributed by atoms with E-state index in [0.717, 1.165) is 11.4 Å². The fraction of sp³-hybridized carbons (Fsp3) is 0.0769. The number of para-hydroxylation sites is 2. The second-order valence-electron chi connectivity index (χ2n) is 11.5. The van der Waals surface area contributed by atoms with Gasteiger partial charge in [0.05, 0.1) is 11.0 Å². The van der Waals surface area contributed by atoms with Crippen LogP contribution in [0.25, 0.3) is 49.7 Å². The summed E-state index contributed by atoms with van der Waals surface area (Å²) in [7, 11) is 0. The van der Waals surface area contributed by atoms with Gasteiger partial charge in [-0.2, -0.15) is 0 Å². The number of rotatable bonds is 4. The molecule has 0 unspecified atom stereocenters. The van der Waals surface area contributed by atoms with Crippen molar-refractivity contribution in [1.82, 2.24) is 4.57 Å². The van der Waals surface area contributed by atoms with Crippen molar-refractivity contribution in [3.05, 3.63) is 151 Å². The Bertz CT molecular complexity index is 2020. The molecule has 0 saturated carbocycles. The quantitative estimate of drug-likeness (QED) is 0.241. The van der Waals surface area contributed by atoms with E-state index in [1.807, 2.05) is 0 Å². The topological polar surface area (TPSA) is 17.0 Å². The predicted molar refractivity (Wildman–Crippen MR) is 174 cm³/mol. The summed E-state index contributed by atoms with van der Waals surface area (Å²) in [6.45, 7) is 4.64. The first-order valence-electron chi connectivity index (χ1n) is 14.3. The van der Waals surface area contributed by atoms with Gasteiger partial charge in [-0.1, -0.05) is 111 Å². The third-order valence-corrected chi connectivity index (χ3v) is 8.81. The highest BCUT2D eigenvalue weighted by Crippen LogP contribution is 2.51. The summed E-state index contributed by atoms with van der Waals surface area (Å²) in [5.41, 5.74) is 13.7. The zero-order valence-corrected chi connectivity index (χ0v) is 23.2. The van der Waals surface area contributed by atoms with Gasteiger partial charge in [0.1, 0.15) is 0 Å². The molecule has 1 heterocycles. The molecule has 1 aliphatic carbocycles. The third kappa shape index (κ3) is 3.64. The van der Waals surface area contributed by atoms with Gasteiger partial charge in [0.25, 0.3) is 0 Å². The van der Waals surface area contributed by atoms with Crippen molar-refractivity contribution in [3.63, 3.8) is 0 Å². The summed E-state index contributed by atoms with van der Waals surface area (Å²) in [5, 5.41) is 6.29. The van der Waals surface area contributed by atoms with Gasteiger partial charge in [-0.25, -0.2) is 0 Å². The minimum absolute atomic E-state index is 0.00113. The highest BCUT2D eigenvalue weighted by Gasteiger charge is 2.36. The molecule has 0 spiro atoms. The van der Waals surface area contributed by atoms with Crippen LogP contribution in [0.3, 0.4) is 0 Å². The molecule has 0 radical (unpaired) electrons. The maximum atomic E-state index is 3.72. The van der Waals surface area contributed by atoms with Gasteiger partial charge in [0, 0.05) is 38.8 Å². The van der Waals surface area contributed by atoms with E-state index in [4.69, 9.17) is 0 Å². The molecule has 196 valence electrons. The number of benzene rings is 6. The second kappa shape index (κ2) is 8.97. The van der Waals surface area contributed by atoms with Gasteiger partial charge in [0.2, 0.25) is 0 Å². The summed E-state index contributed by atoms with van der Waals surface area (Å²) < 4.78 is 2.36. The summed E-state index contributed by atoms with van der Waals surface area (Å²) in [5.74, 6) is 0. The molecule has 6 aromatic carbocycles. The molecular formula is C39H30N2. The van der Waals surface area contributed by atoms with Gasteiger partial charge >= 0.3 is 0 Å². The lowest BCUT2D eigenvalue weighted by molar-refractivity contribution is 0.660. The van der Waals surface area contributed by atoms with Crippen LogP contribution in [-0.4, -0.2) is 4.57 Å². The summed E-state index contributed by atoms with van der Waals surface area (Å²) in [6, 6.07) is 50.4. The molecule has 0 aliphatic heterocycles. The summed E-state index contributed by atoms with van der Waals surface area (Å²) in [6.07, 6.45) is 0. The molecule has 1 aromatic heterocycles. The van der Waals surface area contributed by atoms with E-state index in [1.165, 1.54) is 60.9 Å². The van der Waals surface area contributed by atoms with Crippen LogP contribution in [0.1, 0.15) is 25.0 Å². The lowest BCUT2D eigenvalue weighted by Gasteiger charge is -2.21. The van der Waals surface area contributed by atoms with E-state index in [1.54, 1.807) is 0 Å². The standard InChI is InChI=1S/C39H30N2/c1-39(2)33-13-6-3-12-32(33)38-34(39)14-9-15-35(38)40-28-22-18-26(19-23-28)27-20-24-29(25-21-27)41-36-16-7-4-10-30(36)31-11-5-8-17-37(31)41/h3-25,40H,1-2H3. The smallest absolute Gasteiger partial charge is 0.0541 e. The van der Waals surface area contributed by atoms with Gasteiger partial charge in [-0.15, -0.1) is 0 Å². The molecule has 1 aliphatic rings. The highest BCUT2D eigenvalue weighted by molar-refractivity contribution is 6.09. The molecule has 0 fully saturated rings. The maximum absolute atomic E-state index is 3.72. The first kappa shape index (κ1) is 23.8. The third-order valence-electron chi connectivity index (χ3n) is 8.81. The van der Waals surface area contributed by atoms with Crippen LogP contribution in [-0.2, 0) is 5.41 Å². The van der Waals surface area contributed by atoms with Crippen molar-refractivity contribution >= 4 is 33.2 Å². The Morgan fingerprint density at radius 2 is 1.07 bits per heavy atom. The van der Waals surface area contributed by atoms with Crippen molar-refractivity contribution in [2.75, 3.05) is 5.32 Å². The molecule has 41 heavy (non-hydrogen) atoms. The van der Waals surface area contributed by atoms with Crippen LogP contribution in [0.15, 0.2) is 140 Å². The van der Waals surface area contributed by atoms with Crippen LogP contribution < -0.4 is 5.32 Å². The number of hydrogen-bond acceptors (Lipinski definition) is 1. The number of nitrogens with one attached hydrogen (secondary N) is 1. The van der Waals surface area contributed by atoms with Crippen LogP contribution >= 0.6 is 0 Å². The average Bonchev–Trinajstić information content (AvgIpc) is 3.48. The fourth-order valence-corrected chi connectivity index (χ4v) is 6.76. The van der Waals surface area contributed by atoms with Crippen LogP contribution in [0.5, 0.6) is 0 Å². The predicted octanol–water partition coefficient (Wildman–Crippen LogP) is 10.5. The molecule has 8 rings (SSSR count). The van der Waals surface area contributed by atoms with Crippen molar-refractivity contribution in [1.29, 1.82) is 0 Å². The van der Waals surface area contributed by atoms with Gasteiger partial charge in [-0.05, 0) is 70.3 Å². The number of aromatic nitrogens is 1. The van der Waals surface area contributed by atoms with E-state index in [2.05, 4.69) is 163 Å². The Balaban J connectivity index is 1.10. The van der Waals surface area contributed by atoms with Gasteiger partial charge in [-0.3, -0.25) is 0 Å². The van der Waals surface area contributed by atoms with Crippen molar-refractivity contribution < 1.29 is 0 Å². The molecule has 2 nitrogen and oxygen atoms in total. The minimum atomic E-state index is -0.00113. The first-order chi connectivity index (χ1) is 20.1. The molecule has 0 bridgehead atoms. The Morgan fingerprint density at radius 1 is 0.512 bits per heavy atom. The van der Waals surface area contributed by atoms with Gasteiger partial charge < -0.3 is 9.88 Å². The highest BCUT2D eigenvalue weighted by atomic mass is 15.0. The summed E-state index contributed by atoms with van der Waals surface area (Å²) >= 11 is 0. The monoisotopic (exact) mass is 526 g/mol. The normalized spacial score (nSPS) is 13.3. The Kier molecular flexibility index (Phi) is 5.20. The lowest BCUT2D eigenvalue weighted by atomic mass is 9.82. The van der Waals surface area contributed by atoms with Crippen molar-refractivity contribution in [3.8, 4) is 27.9 Å². The summed E-state index contributed by atoms with van der Waals surface area (Å²) in [4.78, 5) is 0. The van der Waals surface area contributed by atoms with E-state index in [-0.39, 0.29) is 5.41 Å². The first-order valence-corrected chi connectivity index (χ1v) is 14.3. The number of hydrogen-bond donors (Lipinski definition) is 1. The molecule has 0 atom stereocenters. The number of anilines is 2. The van der Waals surface area contributed by atoms with Crippen LogP contribution in [0.2, 0.25) is 0 Å². The number of nitrogens with zero attached hydrogens (tertiary/aromatic N) is 1.